The predicted octanol–water partition coefficient (Wildman–Crippen LogP) is 4.62. The molecule has 0 fully saturated rings. The van der Waals surface area contributed by atoms with Gasteiger partial charge in [0.1, 0.15) is 0 Å². The van der Waals surface area contributed by atoms with Crippen LogP contribution in [0.3, 0.4) is 0 Å². The van der Waals surface area contributed by atoms with Gasteiger partial charge in [0, 0.05) is 11.1 Å². The van der Waals surface area contributed by atoms with E-state index in [-0.39, 0.29) is 17.5 Å². The number of halogens is 3. The molecule has 0 aliphatic heterocycles. The van der Waals surface area contributed by atoms with Crippen LogP contribution in [0.5, 0.6) is 0 Å². The molecular formula is C18H14F3N3O2. The molecule has 0 aliphatic rings. The Balaban J connectivity index is 1.81. The molecule has 0 unspecified atom stereocenters. The predicted molar refractivity (Wildman–Crippen MR) is 88.6 cm³/mol. The Morgan fingerprint density at radius 1 is 1.08 bits per heavy atom. The molecule has 134 valence electrons. The lowest BCUT2D eigenvalue weighted by Gasteiger charge is -2.07. The normalized spacial score (nSPS) is 11.4. The van der Waals surface area contributed by atoms with E-state index in [1.54, 1.807) is 0 Å². The number of aryl methyl sites for hydroxylation is 2. The van der Waals surface area contributed by atoms with Crippen molar-refractivity contribution >= 4 is 11.9 Å². The summed E-state index contributed by atoms with van der Waals surface area (Å²) in [6.07, 6.45) is -4.53. The quantitative estimate of drug-likeness (QED) is 0.739. The molecule has 26 heavy (non-hydrogen) atoms. The smallest absolute Gasteiger partial charge is 0.403 e. The molecule has 0 spiro atoms. The standard InChI is InChI=1S/C18H14F3N3O2/c1-10-6-7-11(2)14(8-10)16-23-24-17(26-16)22-15(25)12-4-3-5-13(9-12)18(19,20)21/h3-9H,1-2H3,(H,22,24,25). The van der Waals surface area contributed by atoms with E-state index in [2.05, 4.69) is 15.5 Å². The molecule has 1 amide bonds. The molecule has 0 radical (unpaired) electrons. The van der Waals surface area contributed by atoms with Gasteiger partial charge in [-0.2, -0.15) is 13.2 Å². The van der Waals surface area contributed by atoms with E-state index in [1.807, 2.05) is 32.0 Å². The Hall–Kier alpha value is -3.16. The number of hydrogen-bond donors (Lipinski definition) is 1. The van der Waals surface area contributed by atoms with Gasteiger partial charge in [-0.25, -0.2) is 0 Å². The molecule has 0 atom stereocenters. The number of amides is 1. The van der Waals surface area contributed by atoms with Crippen LogP contribution in [0.1, 0.15) is 27.0 Å². The lowest BCUT2D eigenvalue weighted by molar-refractivity contribution is -0.137. The largest absolute Gasteiger partial charge is 0.416 e. The van der Waals surface area contributed by atoms with E-state index in [9.17, 15) is 18.0 Å². The maximum absolute atomic E-state index is 12.7. The van der Waals surface area contributed by atoms with Gasteiger partial charge in [0.25, 0.3) is 5.91 Å². The Bertz CT molecular complexity index is 964. The lowest BCUT2D eigenvalue weighted by atomic mass is 10.1. The average Bonchev–Trinajstić information content (AvgIpc) is 3.04. The van der Waals surface area contributed by atoms with E-state index < -0.39 is 17.6 Å². The van der Waals surface area contributed by atoms with Crippen LogP contribution < -0.4 is 5.32 Å². The Morgan fingerprint density at radius 2 is 1.85 bits per heavy atom. The molecule has 3 aromatic rings. The molecule has 3 rings (SSSR count). The Kier molecular flexibility index (Phi) is 4.50. The minimum absolute atomic E-state index is 0.161. The molecule has 1 heterocycles. The fourth-order valence-electron chi connectivity index (χ4n) is 2.35. The minimum Gasteiger partial charge on any atom is -0.403 e. The molecule has 0 bridgehead atoms. The van der Waals surface area contributed by atoms with Crippen LogP contribution in [0.15, 0.2) is 46.9 Å². The Labute approximate surface area is 146 Å². The van der Waals surface area contributed by atoms with Crippen LogP contribution in [0.25, 0.3) is 11.5 Å². The third-order valence-corrected chi connectivity index (χ3v) is 3.72. The molecule has 8 heteroatoms. The van der Waals surface area contributed by atoms with Crippen molar-refractivity contribution in [3.05, 3.63) is 64.7 Å². The first-order valence-corrected chi connectivity index (χ1v) is 7.64. The topological polar surface area (TPSA) is 68.0 Å². The summed E-state index contributed by atoms with van der Waals surface area (Å²) in [5.74, 6) is -0.558. The first kappa shape index (κ1) is 17.7. The van der Waals surface area contributed by atoms with Crippen LogP contribution in [0.2, 0.25) is 0 Å². The maximum Gasteiger partial charge on any atom is 0.416 e. The van der Waals surface area contributed by atoms with Gasteiger partial charge in [-0.15, -0.1) is 5.10 Å². The summed E-state index contributed by atoms with van der Waals surface area (Å²) < 4.78 is 43.7. The van der Waals surface area contributed by atoms with E-state index in [0.717, 1.165) is 34.9 Å². The van der Waals surface area contributed by atoms with Crippen LogP contribution in [0, 0.1) is 13.8 Å². The van der Waals surface area contributed by atoms with Gasteiger partial charge < -0.3 is 4.42 Å². The van der Waals surface area contributed by atoms with Gasteiger partial charge in [-0.3, -0.25) is 10.1 Å². The van der Waals surface area contributed by atoms with Crippen molar-refractivity contribution in [3.63, 3.8) is 0 Å². The highest BCUT2D eigenvalue weighted by Crippen LogP contribution is 2.30. The number of carbonyl (C=O) groups is 1. The van der Waals surface area contributed by atoms with Gasteiger partial charge in [0.05, 0.1) is 5.56 Å². The molecule has 0 saturated heterocycles. The van der Waals surface area contributed by atoms with Gasteiger partial charge in [-0.1, -0.05) is 28.9 Å². The molecular weight excluding hydrogens is 347 g/mol. The van der Waals surface area contributed by atoms with Gasteiger partial charge >= 0.3 is 12.2 Å². The van der Waals surface area contributed by atoms with Gasteiger partial charge in [-0.05, 0) is 43.7 Å². The van der Waals surface area contributed by atoms with Crippen molar-refractivity contribution in [1.82, 2.24) is 10.2 Å². The van der Waals surface area contributed by atoms with Crippen molar-refractivity contribution in [3.8, 4) is 11.5 Å². The third-order valence-electron chi connectivity index (χ3n) is 3.72. The van der Waals surface area contributed by atoms with Crippen molar-refractivity contribution in [1.29, 1.82) is 0 Å². The van der Waals surface area contributed by atoms with E-state index in [4.69, 9.17) is 4.42 Å². The zero-order valence-corrected chi connectivity index (χ0v) is 13.9. The number of benzene rings is 2. The summed E-state index contributed by atoms with van der Waals surface area (Å²) in [7, 11) is 0. The molecule has 2 aromatic carbocycles. The minimum atomic E-state index is -4.53. The monoisotopic (exact) mass is 361 g/mol. The van der Waals surface area contributed by atoms with E-state index in [1.165, 1.54) is 6.07 Å². The number of alkyl halides is 3. The summed E-state index contributed by atoms with van der Waals surface area (Å²) in [5.41, 5.74) is 1.56. The maximum atomic E-state index is 12.7. The van der Waals surface area contributed by atoms with Crippen molar-refractivity contribution in [2.24, 2.45) is 0 Å². The fraction of sp³-hybridized carbons (Fsp3) is 0.167. The van der Waals surface area contributed by atoms with Crippen molar-refractivity contribution < 1.29 is 22.4 Å². The summed E-state index contributed by atoms with van der Waals surface area (Å²) in [6.45, 7) is 3.79. The zero-order valence-electron chi connectivity index (χ0n) is 13.9. The molecule has 1 N–H and O–H groups in total. The zero-order chi connectivity index (χ0) is 18.9. The number of nitrogens with one attached hydrogen (secondary N) is 1. The Morgan fingerprint density at radius 3 is 2.58 bits per heavy atom. The summed E-state index contributed by atoms with van der Waals surface area (Å²) in [6, 6.07) is 9.59. The first-order chi connectivity index (χ1) is 12.2. The highest BCUT2D eigenvalue weighted by molar-refractivity contribution is 6.03. The highest BCUT2D eigenvalue weighted by Gasteiger charge is 2.31. The lowest BCUT2D eigenvalue weighted by Crippen LogP contribution is -2.14. The van der Waals surface area contributed by atoms with E-state index >= 15 is 0 Å². The molecule has 5 nitrogen and oxygen atoms in total. The SMILES string of the molecule is Cc1ccc(C)c(-c2nnc(NC(=O)c3cccc(C(F)(F)F)c3)o2)c1. The summed E-state index contributed by atoms with van der Waals surface area (Å²) >= 11 is 0. The first-order valence-electron chi connectivity index (χ1n) is 7.64. The van der Waals surface area contributed by atoms with Crippen LogP contribution in [-0.4, -0.2) is 16.1 Å². The molecule has 0 aliphatic carbocycles. The summed E-state index contributed by atoms with van der Waals surface area (Å²) in [4.78, 5) is 12.2. The fourth-order valence-corrected chi connectivity index (χ4v) is 2.35. The number of nitrogens with zero attached hydrogens (tertiary/aromatic N) is 2. The number of aromatic nitrogens is 2. The summed E-state index contributed by atoms with van der Waals surface area (Å²) in [5, 5.41) is 9.92. The van der Waals surface area contributed by atoms with Crippen LogP contribution in [0.4, 0.5) is 19.2 Å². The second-order valence-electron chi connectivity index (χ2n) is 5.76. The van der Waals surface area contributed by atoms with Gasteiger partial charge in [0.2, 0.25) is 5.89 Å². The average molecular weight is 361 g/mol. The van der Waals surface area contributed by atoms with Crippen LogP contribution in [-0.2, 0) is 6.18 Å². The second-order valence-corrected chi connectivity index (χ2v) is 5.76. The second kappa shape index (κ2) is 6.62. The van der Waals surface area contributed by atoms with Crippen molar-refractivity contribution in [2.45, 2.75) is 20.0 Å². The highest BCUT2D eigenvalue weighted by atomic mass is 19.4. The number of anilines is 1. The van der Waals surface area contributed by atoms with Crippen LogP contribution >= 0.6 is 0 Å². The molecule has 0 saturated carbocycles. The number of hydrogen-bond acceptors (Lipinski definition) is 4. The van der Waals surface area contributed by atoms with Crippen molar-refractivity contribution in [2.75, 3.05) is 5.32 Å². The molecule has 1 aromatic heterocycles. The number of carbonyl (C=O) groups excluding carboxylic acids is 1. The third kappa shape index (κ3) is 3.74. The van der Waals surface area contributed by atoms with E-state index in [0.29, 0.717) is 0 Å². The number of rotatable bonds is 3. The van der Waals surface area contributed by atoms with Gasteiger partial charge in [0.15, 0.2) is 0 Å².